The highest BCUT2D eigenvalue weighted by Gasteiger charge is 2.32. The van der Waals surface area contributed by atoms with Gasteiger partial charge in [0.25, 0.3) is 10.0 Å². The summed E-state index contributed by atoms with van der Waals surface area (Å²) < 4.78 is 69.7. The maximum absolute atomic E-state index is 13.4. The van der Waals surface area contributed by atoms with Gasteiger partial charge < -0.3 is 9.64 Å². The van der Waals surface area contributed by atoms with Crippen LogP contribution in [-0.2, 0) is 16.6 Å². The summed E-state index contributed by atoms with van der Waals surface area (Å²) in [5.41, 5.74) is 2.06. The highest BCUT2D eigenvalue weighted by molar-refractivity contribution is 7.92. The molecule has 196 valence electrons. The molecule has 1 saturated heterocycles. The van der Waals surface area contributed by atoms with E-state index in [-0.39, 0.29) is 28.9 Å². The van der Waals surface area contributed by atoms with Gasteiger partial charge in [0.05, 0.1) is 16.3 Å². The minimum absolute atomic E-state index is 0.0221. The quantitative estimate of drug-likeness (QED) is 0.379. The first-order chi connectivity index (χ1) is 17.4. The normalized spacial score (nSPS) is 14.6. The van der Waals surface area contributed by atoms with Gasteiger partial charge in [0.15, 0.2) is 0 Å². The van der Waals surface area contributed by atoms with Crippen LogP contribution in [0.2, 0.25) is 5.02 Å². The Hall–Kier alpha value is -3.44. The van der Waals surface area contributed by atoms with Crippen LogP contribution in [0.25, 0.3) is 0 Å². The van der Waals surface area contributed by atoms with Crippen LogP contribution >= 0.6 is 11.6 Å². The lowest BCUT2D eigenvalue weighted by Gasteiger charge is -2.36. The average Bonchev–Trinajstić information content (AvgIpc) is 2.81. The van der Waals surface area contributed by atoms with Crippen LogP contribution < -0.4 is 14.4 Å². The highest BCUT2D eigenvalue weighted by Crippen LogP contribution is 2.32. The van der Waals surface area contributed by atoms with Gasteiger partial charge in [0, 0.05) is 24.7 Å². The zero-order valence-corrected chi connectivity index (χ0v) is 21.2. The van der Waals surface area contributed by atoms with Gasteiger partial charge in [-0.1, -0.05) is 29.8 Å². The Bertz CT molecular complexity index is 1380. The van der Waals surface area contributed by atoms with Crippen molar-refractivity contribution < 1.29 is 31.1 Å². The molecule has 1 N–H and O–H groups in total. The summed E-state index contributed by atoms with van der Waals surface area (Å²) in [6, 6.07) is 15.8. The Morgan fingerprint density at radius 1 is 1.00 bits per heavy atom. The summed E-state index contributed by atoms with van der Waals surface area (Å²) in [6.45, 7) is 2.78. The lowest BCUT2D eigenvalue weighted by molar-refractivity contribution is -0.274. The van der Waals surface area contributed by atoms with Gasteiger partial charge in [0.1, 0.15) is 5.75 Å². The third-order valence-corrected chi connectivity index (χ3v) is 7.29. The molecule has 0 spiro atoms. The first-order valence-electron chi connectivity index (χ1n) is 11.2. The fourth-order valence-electron chi connectivity index (χ4n) is 3.95. The molecule has 0 atom stereocenters. The number of carbonyl (C=O) groups excluding carboxylic acids is 1. The first kappa shape index (κ1) is 26.6. The number of sulfonamides is 1. The monoisotopic (exact) mass is 553 g/mol. The van der Waals surface area contributed by atoms with Crippen LogP contribution in [0.3, 0.4) is 0 Å². The lowest BCUT2D eigenvalue weighted by atomic mass is 10.1. The van der Waals surface area contributed by atoms with Crippen LogP contribution in [0.5, 0.6) is 5.75 Å². The average molecular weight is 554 g/mol. The molecule has 0 aromatic heterocycles. The molecule has 3 aromatic carbocycles. The number of hydrogen-bond acceptors (Lipinski definition) is 4. The Morgan fingerprint density at radius 3 is 2.32 bits per heavy atom. The summed E-state index contributed by atoms with van der Waals surface area (Å²) in [5, 5.41) is 0.400. The maximum atomic E-state index is 13.4. The second kappa shape index (κ2) is 10.5. The molecule has 1 aliphatic rings. The number of urea groups is 1. The van der Waals surface area contributed by atoms with E-state index >= 15 is 0 Å². The molecule has 12 heteroatoms. The Balaban J connectivity index is 1.54. The summed E-state index contributed by atoms with van der Waals surface area (Å²) in [5.74, 6) is -0.347. The van der Waals surface area contributed by atoms with Crippen molar-refractivity contribution in [2.45, 2.75) is 31.1 Å². The number of ether oxygens (including phenoxy) is 1. The predicted molar refractivity (Wildman–Crippen MR) is 134 cm³/mol. The molecule has 1 heterocycles. The zero-order valence-electron chi connectivity index (χ0n) is 19.6. The van der Waals surface area contributed by atoms with Crippen LogP contribution in [-0.4, -0.2) is 38.8 Å². The first-order valence-corrected chi connectivity index (χ1v) is 13.1. The third kappa shape index (κ3) is 6.66. The highest BCUT2D eigenvalue weighted by atomic mass is 35.5. The van der Waals surface area contributed by atoms with E-state index in [4.69, 9.17) is 11.6 Å². The fraction of sp³-hybridized carbons (Fsp3) is 0.240. The van der Waals surface area contributed by atoms with Crippen molar-refractivity contribution in [3.8, 4) is 5.75 Å². The van der Waals surface area contributed by atoms with Gasteiger partial charge in [-0.15, -0.1) is 13.2 Å². The van der Waals surface area contributed by atoms with E-state index in [2.05, 4.69) is 9.46 Å². The van der Waals surface area contributed by atoms with Crippen LogP contribution in [0.1, 0.15) is 17.5 Å². The summed E-state index contributed by atoms with van der Waals surface area (Å²) in [4.78, 5) is 16.4. The van der Waals surface area contributed by atoms with E-state index in [0.29, 0.717) is 35.8 Å². The largest absolute Gasteiger partial charge is 0.573 e. The zero-order chi connectivity index (χ0) is 26.8. The predicted octanol–water partition coefficient (Wildman–Crippen LogP) is 6.18. The molecule has 3 aromatic rings. The number of hydrogen-bond donors (Lipinski definition) is 1. The molecule has 4 rings (SSSR count). The van der Waals surface area contributed by atoms with E-state index in [1.807, 2.05) is 0 Å². The van der Waals surface area contributed by atoms with Crippen molar-refractivity contribution in [1.82, 2.24) is 4.90 Å². The Labute approximate surface area is 217 Å². The number of carbonyl (C=O) groups is 1. The van der Waals surface area contributed by atoms with Gasteiger partial charge in [-0.05, 0) is 73.0 Å². The number of nitrogens with zero attached hydrogens (tertiary/aromatic N) is 2. The van der Waals surface area contributed by atoms with Crippen molar-refractivity contribution in [2.75, 3.05) is 22.7 Å². The van der Waals surface area contributed by atoms with E-state index in [1.165, 1.54) is 53.4 Å². The number of aryl methyl sites for hydroxylation is 1. The molecule has 37 heavy (non-hydrogen) atoms. The van der Waals surface area contributed by atoms with Crippen molar-refractivity contribution in [1.29, 1.82) is 0 Å². The topological polar surface area (TPSA) is 79.0 Å². The number of halogens is 4. The summed E-state index contributed by atoms with van der Waals surface area (Å²) >= 11 is 5.87. The molecule has 0 aliphatic carbocycles. The molecule has 0 unspecified atom stereocenters. The lowest BCUT2D eigenvalue weighted by Crippen LogP contribution is -2.49. The molecule has 0 bridgehead atoms. The smallest absolute Gasteiger partial charge is 0.406 e. The van der Waals surface area contributed by atoms with Crippen LogP contribution in [0.15, 0.2) is 71.6 Å². The van der Waals surface area contributed by atoms with Crippen molar-refractivity contribution in [2.24, 2.45) is 0 Å². The van der Waals surface area contributed by atoms with Crippen molar-refractivity contribution in [3.05, 3.63) is 82.9 Å². The second-order valence-electron chi connectivity index (χ2n) is 8.48. The van der Waals surface area contributed by atoms with E-state index in [9.17, 15) is 26.4 Å². The minimum Gasteiger partial charge on any atom is -0.406 e. The van der Waals surface area contributed by atoms with Gasteiger partial charge in [-0.3, -0.25) is 9.62 Å². The molecular weight excluding hydrogens is 531 g/mol. The third-order valence-electron chi connectivity index (χ3n) is 5.65. The molecule has 1 aliphatic heterocycles. The number of alkyl halides is 3. The van der Waals surface area contributed by atoms with E-state index in [1.54, 1.807) is 30.0 Å². The Morgan fingerprint density at radius 2 is 1.68 bits per heavy atom. The molecule has 1 fully saturated rings. The Kier molecular flexibility index (Phi) is 7.56. The standard InChI is InChI=1S/C25H23ClF3N3O4S/c1-17-3-12-23(22(15-17)30-37(34,35)21-10-6-19(26)7-11-21)32-14-2-13-31(24(32)33)16-18-4-8-20(9-5-18)36-25(27,28)29/h3-12,15,30H,2,13-14,16H2,1H3. The van der Waals surface area contributed by atoms with Crippen molar-refractivity contribution >= 4 is 39.0 Å². The SMILES string of the molecule is Cc1ccc(N2CCCN(Cc3ccc(OC(F)(F)F)cc3)C2=O)c(NS(=O)(=O)c2ccc(Cl)cc2)c1. The number of benzene rings is 3. The molecule has 7 nitrogen and oxygen atoms in total. The van der Waals surface area contributed by atoms with Crippen LogP contribution in [0.4, 0.5) is 29.3 Å². The number of nitrogens with one attached hydrogen (secondary N) is 1. The molecule has 2 amide bonds. The van der Waals surface area contributed by atoms with E-state index in [0.717, 1.165) is 5.56 Å². The van der Waals surface area contributed by atoms with Gasteiger partial charge >= 0.3 is 12.4 Å². The van der Waals surface area contributed by atoms with Gasteiger partial charge in [0.2, 0.25) is 0 Å². The number of amides is 2. The van der Waals surface area contributed by atoms with E-state index < -0.39 is 16.4 Å². The van der Waals surface area contributed by atoms with Gasteiger partial charge in [-0.25, -0.2) is 13.2 Å². The summed E-state index contributed by atoms with van der Waals surface area (Å²) in [6.07, 6.45) is -4.18. The molecular formula is C25H23ClF3N3O4S. The number of rotatable bonds is 7. The summed E-state index contributed by atoms with van der Waals surface area (Å²) in [7, 11) is -3.96. The number of anilines is 2. The minimum atomic E-state index is -4.79. The van der Waals surface area contributed by atoms with Gasteiger partial charge in [-0.2, -0.15) is 0 Å². The molecule has 0 radical (unpaired) electrons. The second-order valence-corrected chi connectivity index (χ2v) is 10.6. The van der Waals surface area contributed by atoms with Crippen molar-refractivity contribution in [3.63, 3.8) is 0 Å². The molecule has 0 saturated carbocycles. The maximum Gasteiger partial charge on any atom is 0.573 e. The fourth-order valence-corrected chi connectivity index (χ4v) is 5.14. The van der Waals surface area contributed by atoms with Crippen LogP contribution in [0, 0.1) is 6.92 Å².